The van der Waals surface area contributed by atoms with Crippen molar-refractivity contribution in [1.29, 1.82) is 0 Å². The Hall–Kier alpha value is -1.26. The quantitative estimate of drug-likeness (QED) is 0.820. The summed E-state index contributed by atoms with van der Waals surface area (Å²) < 4.78 is 16.0. The lowest BCUT2D eigenvalue weighted by Crippen LogP contribution is -2.26. The number of benzene rings is 1. The summed E-state index contributed by atoms with van der Waals surface area (Å²) in [5, 5.41) is 3.36. The first kappa shape index (κ1) is 12.2. The van der Waals surface area contributed by atoms with Crippen molar-refractivity contribution >= 4 is 0 Å². The number of rotatable bonds is 6. The van der Waals surface area contributed by atoms with Gasteiger partial charge >= 0.3 is 0 Å². The monoisotopic (exact) mass is 237 g/mol. The molecule has 0 saturated carbocycles. The number of hydrogen-bond acceptors (Lipinski definition) is 4. The Morgan fingerprint density at radius 2 is 2.18 bits per heavy atom. The number of nitrogens with one attached hydrogen (secondary N) is 1. The van der Waals surface area contributed by atoms with Gasteiger partial charge in [0.25, 0.3) is 0 Å². The maximum atomic E-state index is 5.45. The van der Waals surface area contributed by atoms with Gasteiger partial charge in [-0.1, -0.05) is 6.07 Å². The van der Waals surface area contributed by atoms with Crippen LogP contribution in [0.15, 0.2) is 18.2 Å². The molecule has 2 rings (SSSR count). The van der Waals surface area contributed by atoms with E-state index < -0.39 is 0 Å². The van der Waals surface area contributed by atoms with E-state index in [1.807, 2.05) is 25.1 Å². The van der Waals surface area contributed by atoms with Crippen LogP contribution in [0.25, 0.3) is 0 Å². The van der Waals surface area contributed by atoms with Crippen LogP contribution in [-0.2, 0) is 11.3 Å². The van der Waals surface area contributed by atoms with Crippen molar-refractivity contribution < 1.29 is 14.2 Å². The second-order valence-electron chi connectivity index (χ2n) is 4.08. The van der Waals surface area contributed by atoms with E-state index in [1.54, 1.807) is 0 Å². The molecule has 0 aromatic heterocycles. The van der Waals surface area contributed by atoms with Crippen LogP contribution in [-0.4, -0.2) is 26.0 Å². The molecule has 4 heteroatoms. The van der Waals surface area contributed by atoms with Gasteiger partial charge in [0.05, 0.1) is 6.10 Å². The third kappa shape index (κ3) is 3.35. The highest BCUT2D eigenvalue weighted by molar-refractivity contribution is 5.44. The van der Waals surface area contributed by atoms with E-state index in [0.717, 1.165) is 31.2 Å². The van der Waals surface area contributed by atoms with Gasteiger partial charge in [-0.25, -0.2) is 0 Å². The minimum atomic E-state index is 0.244. The smallest absolute Gasteiger partial charge is 0.231 e. The third-order valence-electron chi connectivity index (χ3n) is 2.65. The summed E-state index contributed by atoms with van der Waals surface area (Å²) >= 11 is 0. The van der Waals surface area contributed by atoms with Crippen molar-refractivity contribution in [3.05, 3.63) is 23.8 Å². The molecule has 1 heterocycles. The molecule has 0 fully saturated rings. The Labute approximate surface area is 102 Å². The van der Waals surface area contributed by atoms with Crippen LogP contribution in [0.2, 0.25) is 0 Å². The van der Waals surface area contributed by atoms with Gasteiger partial charge < -0.3 is 19.5 Å². The lowest BCUT2D eigenvalue weighted by Gasteiger charge is -2.12. The Morgan fingerprint density at radius 1 is 1.35 bits per heavy atom. The third-order valence-corrected chi connectivity index (χ3v) is 2.65. The summed E-state index contributed by atoms with van der Waals surface area (Å²) in [6.45, 7) is 6.82. The topological polar surface area (TPSA) is 39.7 Å². The van der Waals surface area contributed by atoms with E-state index in [9.17, 15) is 0 Å². The van der Waals surface area contributed by atoms with Crippen LogP contribution >= 0.6 is 0 Å². The molecular formula is C13H19NO3. The summed E-state index contributed by atoms with van der Waals surface area (Å²) in [6, 6.07) is 6.01. The van der Waals surface area contributed by atoms with Crippen LogP contribution < -0.4 is 14.8 Å². The molecule has 0 bridgehead atoms. The first-order valence-electron chi connectivity index (χ1n) is 6.00. The van der Waals surface area contributed by atoms with Gasteiger partial charge in [-0.2, -0.15) is 0 Å². The van der Waals surface area contributed by atoms with Crippen molar-refractivity contribution in [3.8, 4) is 11.5 Å². The average Bonchev–Trinajstić information content (AvgIpc) is 2.76. The molecule has 1 unspecified atom stereocenters. The van der Waals surface area contributed by atoms with Crippen molar-refractivity contribution in [3.63, 3.8) is 0 Å². The Bertz CT molecular complexity index is 368. The van der Waals surface area contributed by atoms with Crippen LogP contribution in [0.3, 0.4) is 0 Å². The molecule has 1 aromatic carbocycles. The lowest BCUT2D eigenvalue weighted by molar-refractivity contribution is 0.0759. The largest absolute Gasteiger partial charge is 0.454 e. The van der Waals surface area contributed by atoms with Gasteiger partial charge in [0, 0.05) is 19.7 Å². The number of fused-ring (bicyclic) bond motifs is 1. The summed E-state index contributed by atoms with van der Waals surface area (Å²) in [7, 11) is 0. The maximum absolute atomic E-state index is 5.45. The standard InChI is InChI=1S/C13H19NO3/c1-3-15-10(2)7-14-8-11-4-5-12-13(6-11)17-9-16-12/h4-6,10,14H,3,7-9H2,1-2H3. The zero-order valence-electron chi connectivity index (χ0n) is 10.4. The summed E-state index contributed by atoms with van der Waals surface area (Å²) in [4.78, 5) is 0. The van der Waals surface area contributed by atoms with Crippen molar-refractivity contribution in [2.75, 3.05) is 19.9 Å². The zero-order chi connectivity index (χ0) is 12.1. The molecule has 1 aliphatic rings. The summed E-state index contributed by atoms with van der Waals surface area (Å²) in [5.41, 5.74) is 1.19. The molecule has 1 aromatic rings. The van der Waals surface area contributed by atoms with Crippen LogP contribution in [0, 0.1) is 0 Å². The second kappa shape index (κ2) is 5.89. The van der Waals surface area contributed by atoms with Crippen LogP contribution in [0.5, 0.6) is 11.5 Å². The fraction of sp³-hybridized carbons (Fsp3) is 0.538. The highest BCUT2D eigenvalue weighted by Crippen LogP contribution is 2.32. The molecular weight excluding hydrogens is 218 g/mol. The average molecular weight is 237 g/mol. The molecule has 4 nitrogen and oxygen atoms in total. The minimum absolute atomic E-state index is 0.244. The molecule has 0 radical (unpaired) electrons. The van der Waals surface area contributed by atoms with Gasteiger partial charge in [-0.05, 0) is 31.5 Å². The fourth-order valence-corrected chi connectivity index (χ4v) is 1.81. The van der Waals surface area contributed by atoms with E-state index in [0.29, 0.717) is 6.79 Å². The molecule has 1 N–H and O–H groups in total. The lowest BCUT2D eigenvalue weighted by atomic mass is 10.2. The molecule has 0 amide bonds. The van der Waals surface area contributed by atoms with E-state index in [-0.39, 0.29) is 6.10 Å². The first-order chi connectivity index (χ1) is 8.29. The molecule has 0 saturated heterocycles. The van der Waals surface area contributed by atoms with Gasteiger partial charge in [0.1, 0.15) is 0 Å². The van der Waals surface area contributed by atoms with Crippen molar-refractivity contribution in [2.24, 2.45) is 0 Å². The predicted octanol–water partition coefficient (Wildman–Crippen LogP) is 1.93. The number of hydrogen-bond donors (Lipinski definition) is 1. The Kier molecular flexibility index (Phi) is 4.23. The number of ether oxygens (including phenoxy) is 3. The highest BCUT2D eigenvalue weighted by Gasteiger charge is 2.12. The van der Waals surface area contributed by atoms with Gasteiger partial charge in [0.15, 0.2) is 11.5 Å². The van der Waals surface area contributed by atoms with Crippen LogP contribution in [0.1, 0.15) is 19.4 Å². The molecule has 0 spiro atoms. The van der Waals surface area contributed by atoms with Crippen molar-refractivity contribution in [2.45, 2.75) is 26.5 Å². The van der Waals surface area contributed by atoms with E-state index in [2.05, 4.69) is 12.2 Å². The minimum Gasteiger partial charge on any atom is -0.454 e. The SMILES string of the molecule is CCOC(C)CNCc1ccc2c(c1)OCO2. The molecule has 17 heavy (non-hydrogen) atoms. The van der Waals surface area contributed by atoms with Crippen LogP contribution in [0.4, 0.5) is 0 Å². The normalized spacial score (nSPS) is 14.9. The molecule has 94 valence electrons. The molecule has 0 aliphatic carbocycles. The molecule has 1 atom stereocenters. The maximum Gasteiger partial charge on any atom is 0.231 e. The van der Waals surface area contributed by atoms with Crippen molar-refractivity contribution in [1.82, 2.24) is 5.32 Å². The Balaban J connectivity index is 1.79. The molecule has 1 aliphatic heterocycles. The van der Waals surface area contributed by atoms with Gasteiger partial charge in [-0.15, -0.1) is 0 Å². The van der Waals surface area contributed by atoms with Gasteiger partial charge in [-0.3, -0.25) is 0 Å². The zero-order valence-corrected chi connectivity index (χ0v) is 10.4. The Morgan fingerprint density at radius 3 is 3.00 bits per heavy atom. The highest BCUT2D eigenvalue weighted by atomic mass is 16.7. The fourth-order valence-electron chi connectivity index (χ4n) is 1.81. The summed E-state index contributed by atoms with van der Waals surface area (Å²) in [6.07, 6.45) is 0.244. The van der Waals surface area contributed by atoms with E-state index in [1.165, 1.54) is 5.56 Å². The van der Waals surface area contributed by atoms with E-state index in [4.69, 9.17) is 14.2 Å². The summed E-state index contributed by atoms with van der Waals surface area (Å²) in [5.74, 6) is 1.67. The van der Waals surface area contributed by atoms with E-state index >= 15 is 0 Å². The second-order valence-corrected chi connectivity index (χ2v) is 4.08. The van der Waals surface area contributed by atoms with Gasteiger partial charge in [0.2, 0.25) is 6.79 Å². The predicted molar refractivity (Wildman–Crippen MR) is 65.4 cm³/mol. The first-order valence-corrected chi connectivity index (χ1v) is 6.00.